The average Bonchev–Trinajstić information content (AvgIpc) is 2.66. The molecule has 2 aromatic heterocycles. The molecule has 0 spiro atoms. The van der Waals surface area contributed by atoms with Crippen LogP contribution in [-0.2, 0) is 0 Å². The van der Waals surface area contributed by atoms with Gasteiger partial charge >= 0.3 is 0 Å². The fourth-order valence-electron chi connectivity index (χ4n) is 1.05. The summed E-state index contributed by atoms with van der Waals surface area (Å²) in [5.74, 6) is 0. The van der Waals surface area contributed by atoms with Crippen molar-refractivity contribution in [3.05, 3.63) is 27.8 Å². The van der Waals surface area contributed by atoms with Crippen LogP contribution < -0.4 is 0 Å². The zero-order chi connectivity index (χ0) is 11.4. The van der Waals surface area contributed by atoms with Crippen LogP contribution in [0, 0.1) is 10.1 Å². The first-order chi connectivity index (χ1) is 7.20. The number of aromatic nitrogens is 3. The number of hydrogen-bond donors (Lipinski definition) is 1. The third-order valence-corrected chi connectivity index (χ3v) is 1.89. The number of rotatable bonds is 1. The topological polar surface area (TPSA) is 84.7 Å². The molecular weight excluding hydrogens is 220 g/mol. The van der Waals surface area contributed by atoms with Crippen molar-refractivity contribution in [1.82, 2.24) is 15.0 Å². The summed E-state index contributed by atoms with van der Waals surface area (Å²) in [6, 6.07) is 0. The molecule has 2 heterocycles. The third-order valence-electron chi connectivity index (χ3n) is 1.60. The Hall–Kier alpha value is -1.69. The van der Waals surface area contributed by atoms with Gasteiger partial charge in [0, 0.05) is 0 Å². The predicted octanol–water partition coefficient (Wildman–Crippen LogP) is 2.55. The maximum absolute atomic E-state index is 10.5. The molecule has 0 unspecified atom stereocenters. The molecule has 0 aliphatic heterocycles. The molecule has 2 aromatic rings. The molecule has 80 valence electrons. The van der Waals surface area contributed by atoms with Crippen molar-refractivity contribution in [3.63, 3.8) is 0 Å². The average molecular weight is 229 g/mol. The molecule has 0 saturated carbocycles. The fourth-order valence-corrected chi connectivity index (χ4v) is 1.28. The Morgan fingerprint density at radius 3 is 2.73 bits per heavy atom. The second-order valence-corrected chi connectivity index (χ2v) is 2.68. The number of nitrogens with zero attached hydrogens (tertiary/aromatic N) is 3. The molecule has 6 nitrogen and oxygen atoms in total. The van der Waals surface area contributed by atoms with Crippen molar-refractivity contribution >= 4 is 28.3 Å². The highest BCUT2D eigenvalue weighted by atomic mass is 35.5. The van der Waals surface area contributed by atoms with Crippen LogP contribution in [0.4, 0.5) is 5.69 Å². The lowest BCUT2D eigenvalue weighted by Crippen LogP contribution is -1.87. The van der Waals surface area contributed by atoms with Gasteiger partial charge in [0.2, 0.25) is 0 Å². The molecule has 0 fully saturated rings. The number of halogens is 1. The third kappa shape index (κ3) is 2.04. The lowest BCUT2D eigenvalue weighted by Gasteiger charge is -1.90. The number of H-pyrrole nitrogens is 1. The first kappa shape index (κ1) is 11.4. The molecule has 0 aliphatic rings. The van der Waals surface area contributed by atoms with E-state index in [-0.39, 0.29) is 16.2 Å². The van der Waals surface area contributed by atoms with E-state index in [1.54, 1.807) is 0 Å². The number of aromatic amines is 1. The molecule has 15 heavy (non-hydrogen) atoms. The molecular formula is C8H9ClN4O2. The van der Waals surface area contributed by atoms with E-state index in [4.69, 9.17) is 11.6 Å². The number of nitrogens with one attached hydrogen (secondary N) is 1. The Balaban J connectivity index is 0.000000531. The van der Waals surface area contributed by atoms with Gasteiger partial charge in [0.05, 0.1) is 11.1 Å². The van der Waals surface area contributed by atoms with Crippen molar-refractivity contribution < 1.29 is 4.92 Å². The van der Waals surface area contributed by atoms with Gasteiger partial charge in [0.15, 0.2) is 0 Å². The molecule has 7 heteroatoms. The minimum Gasteiger partial charge on any atom is -0.340 e. The maximum Gasteiger partial charge on any atom is 0.299 e. The predicted molar refractivity (Wildman–Crippen MR) is 56.9 cm³/mol. The number of fused-ring (bicyclic) bond motifs is 1. The molecule has 0 radical (unpaired) electrons. The van der Waals surface area contributed by atoms with Gasteiger partial charge in [0.25, 0.3) is 5.69 Å². The first-order valence-corrected chi connectivity index (χ1v) is 4.70. The summed E-state index contributed by atoms with van der Waals surface area (Å²) in [5.41, 5.74) is 0.257. The zero-order valence-corrected chi connectivity index (χ0v) is 8.95. The van der Waals surface area contributed by atoms with Gasteiger partial charge in [-0.05, 0) is 0 Å². The minimum absolute atomic E-state index is 0.0814. The normalized spacial score (nSPS) is 9.53. The van der Waals surface area contributed by atoms with Crippen LogP contribution in [0.5, 0.6) is 0 Å². The van der Waals surface area contributed by atoms with Crippen LogP contribution in [0.2, 0.25) is 5.15 Å². The zero-order valence-electron chi connectivity index (χ0n) is 8.19. The fraction of sp³-hybridized carbons (Fsp3) is 0.250. The molecule has 0 aliphatic carbocycles. The molecule has 0 saturated heterocycles. The second-order valence-electron chi connectivity index (χ2n) is 2.32. The summed E-state index contributed by atoms with van der Waals surface area (Å²) in [6.45, 7) is 4.00. The number of nitro groups is 1. The van der Waals surface area contributed by atoms with Crippen LogP contribution in [0.25, 0.3) is 11.0 Å². The smallest absolute Gasteiger partial charge is 0.299 e. The molecule has 1 N–H and O–H groups in total. The van der Waals surface area contributed by atoms with E-state index in [1.807, 2.05) is 13.8 Å². The Labute approximate surface area is 90.5 Å². The molecule has 2 rings (SSSR count). The van der Waals surface area contributed by atoms with E-state index >= 15 is 0 Å². The largest absolute Gasteiger partial charge is 0.340 e. The van der Waals surface area contributed by atoms with Crippen molar-refractivity contribution in [2.45, 2.75) is 13.8 Å². The van der Waals surface area contributed by atoms with E-state index in [0.29, 0.717) is 5.65 Å². The van der Waals surface area contributed by atoms with Crippen molar-refractivity contribution in [2.75, 3.05) is 0 Å². The highest BCUT2D eigenvalue weighted by molar-refractivity contribution is 6.34. The summed E-state index contributed by atoms with van der Waals surface area (Å²) < 4.78 is 0. The van der Waals surface area contributed by atoms with Crippen LogP contribution in [0.15, 0.2) is 12.5 Å². The summed E-state index contributed by atoms with van der Waals surface area (Å²) in [4.78, 5) is 20.0. The Kier molecular flexibility index (Phi) is 3.56. The lowest BCUT2D eigenvalue weighted by molar-refractivity contribution is -0.383. The summed E-state index contributed by atoms with van der Waals surface area (Å²) in [6.07, 6.45) is 2.48. The van der Waals surface area contributed by atoms with Crippen LogP contribution in [-0.4, -0.2) is 19.9 Å². The van der Waals surface area contributed by atoms with Crippen LogP contribution >= 0.6 is 11.6 Å². The highest BCUT2D eigenvalue weighted by Gasteiger charge is 2.17. The lowest BCUT2D eigenvalue weighted by atomic mass is 10.4. The van der Waals surface area contributed by atoms with Crippen molar-refractivity contribution in [2.24, 2.45) is 0 Å². The SMILES string of the molecule is CC.O=[N+]([O-])c1c[nH]c2ncnc(Cl)c12. The highest BCUT2D eigenvalue weighted by Crippen LogP contribution is 2.28. The number of hydrogen-bond acceptors (Lipinski definition) is 4. The minimum atomic E-state index is -0.534. The maximum atomic E-state index is 10.5. The van der Waals surface area contributed by atoms with Gasteiger partial charge in [-0.25, -0.2) is 9.97 Å². The van der Waals surface area contributed by atoms with E-state index < -0.39 is 4.92 Å². The van der Waals surface area contributed by atoms with Crippen LogP contribution in [0.1, 0.15) is 13.8 Å². The quantitative estimate of drug-likeness (QED) is 0.462. The molecule has 0 aromatic carbocycles. The van der Waals surface area contributed by atoms with Gasteiger partial charge in [-0.3, -0.25) is 10.1 Å². The van der Waals surface area contributed by atoms with E-state index in [9.17, 15) is 10.1 Å². The van der Waals surface area contributed by atoms with Crippen molar-refractivity contribution in [1.29, 1.82) is 0 Å². The van der Waals surface area contributed by atoms with Gasteiger partial charge in [-0.15, -0.1) is 0 Å². The summed E-state index contributed by atoms with van der Waals surface area (Å²) in [5, 5.41) is 10.8. The van der Waals surface area contributed by atoms with Crippen molar-refractivity contribution in [3.8, 4) is 0 Å². The summed E-state index contributed by atoms with van der Waals surface area (Å²) >= 11 is 5.67. The van der Waals surface area contributed by atoms with E-state index in [1.165, 1.54) is 12.5 Å². The standard InChI is InChI=1S/C6H3ClN4O2.C2H6/c7-5-4-3(11(12)13)1-8-6(4)10-2-9-5;1-2/h1-2H,(H,8,9,10);1-2H3. The monoisotopic (exact) mass is 228 g/mol. The first-order valence-electron chi connectivity index (χ1n) is 4.32. The van der Waals surface area contributed by atoms with Crippen LogP contribution in [0.3, 0.4) is 0 Å². The molecule has 0 atom stereocenters. The van der Waals surface area contributed by atoms with E-state index in [2.05, 4.69) is 15.0 Å². The second kappa shape index (κ2) is 4.70. The molecule has 0 bridgehead atoms. The van der Waals surface area contributed by atoms with Gasteiger partial charge < -0.3 is 4.98 Å². The molecule has 0 amide bonds. The van der Waals surface area contributed by atoms with Gasteiger partial charge in [0.1, 0.15) is 22.5 Å². The Bertz CT molecular complexity index is 482. The Morgan fingerprint density at radius 2 is 2.13 bits per heavy atom. The van der Waals surface area contributed by atoms with Gasteiger partial charge in [-0.2, -0.15) is 0 Å². The Morgan fingerprint density at radius 1 is 1.47 bits per heavy atom. The van der Waals surface area contributed by atoms with E-state index in [0.717, 1.165) is 0 Å². The summed E-state index contributed by atoms with van der Waals surface area (Å²) in [7, 11) is 0. The van der Waals surface area contributed by atoms with Gasteiger partial charge in [-0.1, -0.05) is 25.4 Å².